The van der Waals surface area contributed by atoms with Gasteiger partial charge in [0.2, 0.25) is 0 Å². The second kappa shape index (κ2) is 3.41. The molecule has 0 radical (unpaired) electrons. The number of hydrogen-bond acceptors (Lipinski definition) is 2. The summed E-state index contributed by atoms with van der Waals surface area (Å²) in [7, 11) is 0. The van der Waals surface area contributed by atoms with E-state index in [0.29, 0.717) is 6.04 Å². The fraction of sp³-hybridized carbons (Fsp3) is 0.500. The molecule has 0 amide bonds. The third-order valence-electron chi connectivity index (χ3n) is 3.31. The third kappa shape index (κ3) is 1.50. The summed E-state index contributed by atoms with van der Waals surface area (Å²) < 4.78 is 0. The number of hydrogen-bond donors (Lipinski definition) is 1. The summed E-state index contributed by atoms with van der Waals surface area (Å²) in [6, 6.07) is 6.95. The van der Waals surface area contributed by atoms with E-state index >= 15 is 0 Å². The van der Waals surface area contributed by atoms with Gasteiger partial charge in [-0.2, -0.15) is 0 Å². The summed E-state index contributed by atoms with van der Waals surface area (Å²) in [6.45, 7) is 2.26. The van der Waals surface area contributed by atoms with E-state index in [2.05, 4.69) is 36.1 Å². The molecule has 1 N–H and O–H groups in total. The van der Waals surface area contributed by atoms with Gasteiger partial charge < -0.3 is 0 Å². The summed E-state index contributed by atoms with van der Waals surface area (Å²) >= 11 is 8.07. The fourth-order valence-electron chi connectivity index (χ4n) is 2.66. The second-order valence-corrected chi connectivity index (χ2v) is 6.24. The van der Waals surface area contributed by atoms with E-state index < -0.39 is 0 Å². The lowest BCUT2D eigenvalue weighted by atomic mass is 10.1. The zero-order valence-electron chi connectivity index (χ0n) is 8.72. The minimum Gasteiger partial charge on any atom is -0.296 e. The molecule has 1 saturated heterocycles. The van der Waals surface area contributed by atoms with Crippen molar-refractivity contribution >= 4 is 23.4 Å². The molecule has 0 bridgehead atoms. The summed E-state index contributed by atoms with van der Waals surface area (Å²) in [6.07, 6.45) is 2.36. The molecule has 1 spiro atoms. The standard InChI is InChI=1S/C12H14ClNS/c1-8-7-15-12(14-8)5-4-9-6-10(13)2-3-11(9)12/h2-3,6,8,14H,4-5,7H2,1H3. The van der Waals surface area contributed by atoms with Crippen molar-refractivity contribution < 1.29 is 0 Å². The van der Waals surface area contributed by atoms with E-state index in [1.54, 1.807) is 0 Å². The Bertz CT molecular complexity index is 407. The van der Waals surface area contributed by atoms with Crippen LogP contribution in [0.4, 0.5) is 0 Å². The normalized spacial score (nSPS) is 33.6. The van der Waals surface area contributed by atoms with Crippen LogP contribution in [0.1, 0.15) is 24.5 Å². The van der Waals surface area contributed by atoms with Crippen molar-refractivity contribution in [1.29, 1.82) is 0 Å². The highest BCUT2D eigenvalue weighted by molar-refractivity contribution is 8.00. The van der Waals surface area contributed by atoms with Crippen molar-refractivity contribution in [2.45, 2.75) is 30.7 Å². The van der Waals surface area contributed by atoms with Gasteiger partial charge >= 0.3 is 0 Å². The number of halogens is 1. The van der Waals surface area contributed by atoms with E-state index in [9.17, 15) is 0 Å². The van der Waals surface area contributed by atoms with E-state index in [4.69, 9.17) is 11.6 Å². The lowest BCUT2D eigenvalue weighted by Crippen LogP contribution is -2.36. The number of benzene rings is 1. The van der Waals surface area contributed by atoms with Crippen molar-refractivity contribution in [2.75, 3.05) is 5.75 Å². The number of rotatable bonds is 0. The van der Waals surface area contributed by atoms with Gasteiger partial charge in [-0.25, -0.2) is 0 Å². The summed E-state index contributed by atoms with van der Waals surface area (Å²) in [4.78, 5) is 0.194. The molecule has 3 rings (SSSR count). The number of fused-ring (bicyclic) bond motifs is 2. The third-order valence-corrected chi connectivity index (χ3v) is 5.24. The Kier molecular flexibility index (Phi) is 2.27. The van der Waals surface area contributed by atoms with Crippen molar-refractivity contribution in [3.05, 3.63) is 34.3 Å². The molecule has 0 aromatic heterocycles. The molecule has 1 aromatic carbocycles. The monoisotopic (exact) mass is 239 g/mol. The summed E-state index contributed by atoms with van der Waals surface area (Å²) in [5.74, 6) is 1.21. The van der Waals surface area contributed by atoms with Crippen LogP contribution in [-0.4, -0.2) is 11.8 Å². The zero-order valence-corrected chi connectivity index (χ0v) is 10.3. The predicted octanol–water partition coefficient (Wildman–Crippen LogP) is 3.16. The maximum atomic E-state index is 6.02. The van der Waals surface area contributed by atoms with Crippen LogP contribution in [0.15, 0.2) is 18.2 Å². The van der Waals surface area contributed by atoms with E-state index in [-0.39, 0.29) is 4.87 Å². The van der Waals surface area contributed by atoms with Gasteiger partial charge in [0.1, 0.15) is 0 Å². The van der Waals surface area contributed by atoms with Crippen LogP contribution in [-0.2, 0) is 11.3 Å². The maximum absolute atomic E-state index is 6.02. The van der Waals surface area contributed by atoms with E-state index in [0.717, 1.165) is 11.4 Å². The molecular weight excluding hydrogens is 226 g/mol. The van der Waals surface area contributed by atoms with Crippen molar-refractivity contribution in [1.82, 2.24) is 5.32 Å². The first-order valence-corrected chi connectivity index (χ1v) is 6.76. The van der Waals surface area contributed by atoms with Gasteiger partial charge in [0, 0.05) is 16.8 Å². The molecule has 1 fully saturated rings. The lowest BCUT2D eigenvalue weighted by molar-refractivity contribution is 0.465. The second-order valence-electron chi connectivity index (χ2n) is 4.48. The molecular formula is C12H14ClNS. The van der Waals surface area contributed by atoms with E-state index in [1.165, 1.54) is 23.3 Å². The highest BCUT2D eigenvalue weighted by atomic mass is 35.5. The van der Waals surface area contributed by atoms with Gasteiger partial charge in [-0.1, -0.05) is 17.7 Å². The minimum absolute atomic E-state index is 0.194. The van der Waals surface area contributed by atoms with Crippen LogP contribution >= 0.6 is 23.4 Å². The van der Waals surface area contributed by atoms with Crippen LogP contribution in [0.5, 0.6) is 0 Å². The van der Waals surface area contributed by atoms with E-state index in [1.807, 2.05) is 6.07 Å². The van der Waals surface area contributed by atoms with Gasteiger partial charge in [-0.15, -0.1) is 11.8 Å². The molecule has 2 atom stereocenters. The Morgan fingerprint density at radius 3 is 3.13 bits per heavy atom. The molecule has 1 aliphatic heterocycles. The Balaban J connectivity index is 2.04. The molecule has 15 heavy (non-hydrogen) atoms. The maximum Gasteiger partial charge on any atom is 0.0910 e. The smallest absolute Gasteiger partial charge is 0.0910 e. The largest absolute Gasteiger partial charge is 0.296 e. The Labute approximate surface area is 99.6 Å². The zero-order chi connectivity index (χ0) is 10.5. The van der Waals surface area contributed by atoms with Crippen LogP contribution in [0, 0.1) is 0 Å². The SMILES string of the molecule is CC1CSC2(CCc3cc(Cl)ccc32)N1. The summed E-state index contributed by atoms with van der Waals surface area (Å²) in [5.41, 5.74) is 2.89. The molecule has 0 saturated carbocycles. The predicted molar refractivity (Wildman–Crippen MR) is 66.5 cm³/mol. The Morgan fingerprint density at radius 2 is 2.40 bits per heavy atom. The first-order valence-electron chi connectivity index (χ1n) is 5.40. The Hall–Kier alpha value is -0.180. The van der Waals surface area contributed by atoms with Gasteiger partial charge in [-0.3, -0.25) is 5.32 Å². The number of nitrogens with one attached hydrogen (secondary N) is 1. The topological polar surface area (TPSA) is 12.0 Å². The summed E-state index contributed by atoms with van der Waals surface area (Å²) in [5, 5.41) is 4.59. The minimum atomic E-state index is 0.194. The van der Waals surface area contributed by atoms with Crippen molar-refractivity contribution in [3.8, 4) is 0 Å². The van der Waals surface area contributed by atoms with Crippen molar-refractivity contribution in [2.24, 2.45) is 0 Å². The van der Waals surface area contributed by atoms with Crippen LogP contribution in [0.25, 0.3) is 0 Å². The molecule has 1 heterocycles. The van der Waals surface area contributed by atoms with Crippen LogP contribution in [0.2, 0.25) is 5.02 Å². The van der Waals surface area contributed by atoms with Gasteiger partial charge in [0.05, 0.1) is 4.87 Å². The average molecular weight is 240 g/mol. The first kappa shape index (κ1) is 10.0. The lowest BCUT2D eigenvalue weighted by Gasteiger charge is -2.25. The average Bonchev–Trinajstić information content (AvgIpc) is 2.73. The Morgan fingerprint density at radius 1 is 1.53 bits per heavy atom. The molecule has 1 aliphatic carbocycles. The number of thioether (sulfide) groups is 1. The van der Waals surface area contributed by atoms with Gasteiger partial charge in [0.25, 0.3) is 0 Å². The van der Waals surface area contributed by atoms with Crippen LogP contribution < -0.4 is 5.32 Å². The molecule has 3 heteroatoms. The molecule has 80 valence electrons. The first-order chi connectivity index (χ1) is 7.20. The molecule has 1 nitrogen and oxygen atoms in total. The molecule has 2 aliphatic rings. The van der Waals surface area contributed by atoms with Gasteiger partial charge in [-0.05, 0) is 43.0 Å². The van der Waals surface area contributed by atoms with Crippen LogP contribution in [0.3, 0.4) is 0 Å². The molecule has 2 unspecified atom stereocenters. The van der Waals surface area contributed by atoms with Crippen molar-refractivity contribution in [3.63, 3.8) is 0 Å². The molecule has 1 aromatic rings. The number of aryl methyl sites for hydroxylation is 1. The highest BCUT2D eigenvalue weighted by Crippen LogP contribution is 2.49. The fourth-order valence-corrected chi connectivity index (χ4v) is 4.36. The quantitative estimate of drug-likeness (QED) is 0.747. The van der Waals surface area contributed by atoms with Gasteiger partial charge in [0.15, 0.2) is 0 Å². The highest BCUT2D eigenvalue weighted by Gasteiger charge is 2.43.